The summed E-state index contributed by atoms with van der Waals surface area (Å²) in [5.74, 6) is 0.448. The number of hydrogen-bond acceptors (Lipinski definition) is 6. The molecule has 1 spiro atoms. The summed E-state index contributed by atoms with van der Waals surface area (Å²) < 4.78 is 16.7. The van der Waals surface area contributed by atoms with Crippen molar-refractivity contribution in [2.45, 2.75) is 38.4 Å². The van der Waals surface area contributed by atoms with Gasteiger partial charge in [-0.15, -0.1) is 0 Å². The molecule has 0 aliphatic carbocycles. The van der Waals surface area contributed by atoms with E-state index in [1.165, 1.54) is 0 Å². The minimum Gasteiger partial charge on any atom is -0.347 e. The van der Waals surface area contributed by atoms with E-state index in [4.69, 9.17) is 14.0 Å². The zero-order valence-electron chi connectivity index (χ0n) is 10.7. The van der Waals surface area contributed by atoms with Crippen molar-refractivity contribution in [3.05, 3.63) is 5.82 Å². The molecule has 18 heavy (non-hydrogen) atoms. The standard InChI is InChI=1S/C12H19N3O3/c1-2-3-10-13-11(18-14-10)15-6-4-12(5-7-15)16-8-9-17-12/h2-9H2,1H3. The molecule has 1 aromatic heterocycles. The molecule has 0 radical (unpaired) electrons. The molecule has 0 aromatic carbocycles. The van der Waals surface area contributed by atoms with Gasteiger partial charge in [0.25, 0.3) is 0 Å². The van der Waals surface area contributed by atoms with E-state index in [2.05, 4.69) is 22.0 Å². The molecule has 0 unspecified atom stereocenters. The van der Waals surface area contributed by atoms with E-state index in [0.717, 1.165) is 44.6 Å². The Morgan fingerprint density at radius 2 is 1.94 bits per heavy atom. The normalized spacial score (nSPS) is 22.8. The first-order chi connectivity index (χ1) is 8.81. The topological polar surface area (TPSA) is 60.6 Å². The van der Waals surface area contributed by atoms with E-state index < -0.39 is 0 Å². The molecule has 2 aliphatic rings. The van der Waals surface area contributed by atoms with Crippen molar-refractivity contribution >= 4 is 6.01 Å². The van der Waals surface area contributed by atoms with Gasteiger partial charge in [0.15, 0.2) is 11.6 Å². The average Bonchev–Trinajstić information content (AvgIpc) is 3.02. The van der Waals surface area contributed by atoms with Gasteiger partial charge in [0.1, 0.15) is 0 Å². The molecule has 0 atom stereocenters. The molecule has 6 heteroatoms. The van der Waals surface area contributed by atoms with Crippen molar-refractivity contribution in [1.29, 1.82) is 0 Å². The molecule has 1 aromatic rings. The van der Waals surface area contributed by atoms with Crippen molar-refractivity contribution in [2.75, 3.05) is 31.2 Å². The van der Waals surface area contributed by atoms with Crippen LogP contribution >= 0.6 is 0 Å². The van der Waals surface area contributed by atoms with Crippen LogP contribution in [0, 0.1) is 0 Å². The number of aryl methyl sites for hydroxylation is 1. The molecule has 6 nitrogen and oxygen atoms in total. The zero-order valence-corrected chi connectivity index (χ0v) is 10.7. The average molecular weight is 253 g/mol. The second-order valence-corrected chi connectivity index (χ2v) is 4.84. The molecule has 2 saturated heterocycles. The third-order valence-electron chi connectivity index (χ3n) is 3.54. The first kappa shape index (κ1) is 11.9. The lowest BCUT2D eigenvalue weighted by Crippen LogP contribution is -2.45. The molecular formula is C12H19N3O3. The Kier molecular flexibility index (Phi) is 3.22. The smallest absolute Gasteiger partial charge is 0.324 e. The summed E-state index contributed by atoms with van der Waals surface area (Å²) in [4.78, 5) is 6.52. The van der Waals surface area contributed by atoms with Crippen LogP contribution in [0.15, 0.2) is 4.52 Å². The van der Waals surface area contributed by atoms with Crippen molar-refractivity contribution in [1.82, 2.24) is 10.1 Å². The van der Waals surface area contributed by atoms with Crippen LogP contribution in [0.2, 0.25) is 0 Å². The maximum atomic E-state index is 5.69. The van der Waals surface area contributed by atoms with Crippen molar-refractivity contribution in [3.8, 4) is 0 Å². The second kappa shape index (κ2) is 4.85. The first-order valence-electron chi connectivity index (χ1n) is 6.67. The summed E-state index contributed by atoms with van der Waals surface area (Å²) in [5.41, 5.74) is 0. The predicted molar refractivity (Wildman–Crippen MR) is 64.4 cm³/mol. The predicted octanol–water partition coefficient (Wildman–Crippen LogP) is 1.37. The second-order valence-electron chi connectivity index (χ2n) is 4.84. The van der Waals surface area contributed by atoms with Gasteiger partial charge in [0, 0.05) is 32.4 Å². The van der Waals surface area contributed by atoms with E-state index in [0.29, 0.717) is 19.2 Å². The number of piperidine rings is 1. The van der Waals surface area contributed by atoms with E-state index >= 15 is 0 Å². The highest BCUT2D eigenvalue weighted by Gasteiger charge is 2.40. The summed E-state index contributed by atoms with van der Waals surface area (Å²) in [6.07, 6.45) is 3.62. The van der Waals surface area contributed by atoms with Gasteiger partial charge in [0.05, 0.1) is 13.2 Å². The summed E-state index contributed by atoms with van der Waals surface area (Å²) in [6.45, 7) is 5.21. The Hall–Kier alpha value is -1.14. The SMILES string of the molecule is CCCc1noc(N2CCC3(CC2)OCCO3)n1. The molecule has 3 heterocycles. The Bertz CT molecular complexity index is 391. The minimum atomic E-state index is -0.344. The molecule has 0 amide bonds. The molecule has 0 N–H and O–H groups in total. The molecule has 100 valence electrons. The van der Waals surface area contributed by atoms with Crippen LogP contribution in [0.5, 0.6) is 0 Å². The lowest BCUT2D eigenvalue weighted by Gasteiger charge is -2.36. The van der Waals surface area contributed by atoms with Gasteiger partial charge in [-0.25, -0.2) is 0 Å². The number of ether oxygens (including phenoxy) is 2. The monoisotopic (exact) mass is 253 g/mol. The fourth-order valence-electron chi connectivity index (χ4n) is 2.52. The Labute approximate surface area is 106 Å². The van der Waals surface area contributed by atoms with Crippen LogP contribution in [0.4, 0.5) is 6.01 Å². The highest BCUT2D eigenvalue weighted by atomic mass is 16.7. The number of nitrogens with zero attached hydrogens (tertiary/aromatic N) is 3. The van der Waals surface area contributed by atoms with Crippen LogP contribution in [0.3, 0.4) is 0 Å². The molecule has 0 bridgehead atoms. The van der Waals surface area contributed by atoms with Gasteiger partial charge in [-0.1, -0.05) is 12.1 Å². The highest BCUT2D eigenvalue weighted by Crippen LogP contribution is 2.32. The molecule has 3 rings (SSSR count). The first-order valence-corrected chi connectivity index (χ1v) is 6.67. The van der Waals surface area contributed by atoms with E-state index in [9.17, 15) is 0 Å². The lowest BCUT2D eigenvalue weighted by molar-refractivity contribution is -0.169. The number of rotatable bonds is 3. The van der Waals surface area contributed by atoms with Gasteiger partial charge in [-0.3, -0.25) is 0 Å². The third-order valence-corrected chi connectivity index (χ3v) is 3.54. The Morgan fingerprint density at radius 1 is 1.22 bits per heavy atom. The highest BCUT2D eigenvalue weighted by molar-refractivity contribution is 5.26. The number of aromatic nitrogens is 2. The maximum absolute atomic E-state index is 5.69. The van der Waals surface area contributed by atoms with Crippen molar-refractivity contribution < 1.29 is 14.0 Å². The van der Waals surface area contributed by atoms with E-state index in [-0.39, 0.29) is 5.79 Å². The van der Waals surface area contributed by atoms with Crippen LogP contribution in [0.1, 0.15) is 32.0 Å². The number of hydrogen-bond donors (Lipinski definition) is 0. The molecule has 2 aliphatic heterocycles. The fraction of sp³-hybridized carbons (Fsp3) is 0.833. The van der Waals surface area contributed by atoms with Gasteiger partial charge in [0.2, 0.25) is 0 Å². The van der Waals surface area contributed by atoms with Crippen LogP contribution in [-0.4, -0.2) is 42.2 Å². The minimum absolute atomic E-state index is 0.344. The Balaban J connectivity index is 1.61. The molecule has 2 fully saturated rings. The van der Waals surface area contributed by atoms with E-state index in [1.54, 1.807) is 0 Å². The summed E-state index contributed by atoms with van der Waals surface area (Å²) in [7, 11) is 0. The van der Waals surface area contributed by atoms with Crippen molar-refractivity contribution in [3.63, 3.8) is 0 Å². The maximum Gasteiger partial charge on any atom is 0.324 e. The summed E-state index contributed by atoms with van der Waals surface area (Å²) in [6, 6.07) is 0.631. The third kappa shape index (κ3) is 2.22. The molecule has 0 saturated carbocycles. The number of anilines is 1. The zero-order chi connectivity index (χ0) is 12.4. The van der Waals surface area contributed by atoms with Crippen molar-refractivity contribution in [2.24, 2.45) is 0 Å². The van der Waals surface area contributed by atoms with Crippen LogP contribution in [-0.2, 0) is 15.9 Å². The lowest BCUT2D eigenvalue weighted by atomic mass is 10.0. The largest absolute Gasteiger partial charge is 0.347 e. The summed E-state index contributed by atoms with van der Waals surface area (Å²) in [5, 5.41) is 3.98. The van der Waals surface area contributed by atoms with Gasteiger partial charge >= 0.3 is 6.01 Å². The Morgan fingerprint density at radius 3 is 2.61 bits per heavy atom. The molecular weight excluding hydrogens is 234 g/mol. The fourth-order valence-corrected chi connectivity index (χ4v) is 2.52. The quantitative estimate of drug-likeness (QED) is 0.810. The van der Waals surface area contributed by atoms with Gasteiger partial charge in [-0.05, 0) is 6.42 Å². The van der Waals surface area contributed by atoms with Gasteiger partial charge < -0.3 is 18.9 Å². The van der Waals surface area contributed by atoms with Crippen LogP contribution < -0.4 is 4.90 Å². The van der Waals surface area contributed by atoms with Gasteiger partial charge in [-0.2, -0.15) is 4.98 Å². The van der Waals surface area contributed by atoms with E-state index in [1.807, 2.05) is 0 Å². The van der Waals surface area contributed by atoms with Crippen LogP contribution in [0.25, 0.3) is 0 Å². The summed E-state index contributed by atoms with van der Waals surface area (Å²) >= 11 is 0.